The van der Waals surface area contributed by atoms with Gasteiger partial charge in [-0.05, 0) is 42.6 Å². The summed E-state index contributed by atoms with van der Waals surface area (Å²) in [5.74, 6) is 0.596. The Morgan fingerprint density at radius 3 is 2.56 bits per heavy atom. The van der Waals surface area contributed by atoms with Gasteiger partial charge in [0.2, 0.25) is 0 Å². The van der Waals surface area contributed by atoms with Crippen molar-refractivity contribution in [1.82, 2.24) is 5.32 Å². The first-order valence-electron chi connectivity index (χ1n) is 5.65. The zero-order chi connectivity index (χ0) is 12.1. The van der Waals surface area contributed by atoms with Crippen LogP contribution in [-0.4, -0.2) is 18.2 Å². The van der Waals surface area contributed by atoms with Crippen molar-refractivity contribution in [3.63, 3.8) is 0 Å². The standard InChI is InChI=1S/C13H20ClNO/c1-9(2)7-15-8-13(16)12-5-4-11(14)6-10(12)3/h4-6,9,13,15-16H,7-8H2,1-3H3. The van der Waals surface area contributed by atoms with Gasteiger partial charge in [-0.25, -0.2) is 0 Å². The Morgan fingerprint density at radius 2 is 2.00 bits per heavy atom. The molecule has 0 saturated heterocycles. The number of hydrogen-bond donors (Lipinski definition) is 2. The highest BCUT2D eigenvalue weighted by Crippen LogP contribution is 2.20. The Bertz CT molecular complexity index is 339. The topological polar surface area (TPSA) is 32.3 Å². The Balaban J connectivity index is 2.55. The first-order valence-corrected chi connectivity index (χ1v) is 6.03. The summed E-state index contributed by atoms with van der Waals surface area (Å²) < 4.78 is 0. The molecule has 16 heavy (non-hydrogen) atoms. The lowest BCUT2D eigenvalue weighted by atomic mass is 10.0. The summed E-state index contributed by atoms with van der Waals surface area (Å²) in [6, 6.07) is 5.58. The summed E-state index contributed by atoms with van der Waals surface area (Å²) in [4.78, 5) is 0. The molecule has 1 rings (SSSR count). The van der Waals surface area contributed by atoms with E-state index in [4.69, 9.17) is 11.6 Å². The molecular weight excluding hydrogens is 222 g/mol. The molecule has 2 nitrogen and oxygen atoms in total. The third-order valence-corrected chi connectivity index (χ3v) is 2.72. The van der Waals surface area contributed by atoms with Gasteiger partial charge in [0.05, 0.1) is 6.10 Å². The van der Waals surface area contributed by atoms with E-state index in [-0.39, 0.29) is 0 Å². The Labute approximate surface area is 103 Å². The number of aliphatic hydroxyl groups excluding tert-OH is 1. The highest BCUT2D eigenvalue weighted by molar-refractivity contribution is 6.30. The predicted octanol–water partition coefficient (Wildman–Crippen LogP) is 2.93. The quantitative estimate of drug-likeness (QED) is 0.831. The smallest absolute Gasteiger partial charge is 0.0916 e. The summed E-state index contributed by atoms with van der Waals surface area (Å²) in [6.07, 6.45) is -0.462. The van der Waals surface area contributed by atoms with E-state index < -0.39 is 6.10 Å². The van der Waals surface area contributed by atoms with Crippen LogP contribution in [0.5, 0.6) is 0 Å². The molecule has 0 spiro atoms. The molecule has 2 N–H and O–H groups in total. The number of aliphatic hydroxyl groups is 1. The predicted molar refractivity (Wildman–Crippen MR) is 68.9 cm³/mol. The maximum atomic E-state index is 10.00. The molecule has 0 aliphatic carbocycles. The largest absolute Gasteiger partial charge is 0.387 e. The van der Waals surface area contributed by atoms with Crippen LogP contribution in [0.3, 0.4) is 0 Å². The summed E-state index contributed by atoms with van der Waals surface area (Å²) in [7, 11) is 0. The van der Waals surface area contributed by atoms with E-state index >= 15 is 0 Å². The van der Waals surface area contributed by atoms with Crippen LogP contribution < -0.4 is 5.32 Å². The maximum absolute atomic E-state index is 10.00. The zero-order valence-corrected chi connectivity index (χ0v) is 10.9. The third-order valence-electron chi connectivity index (χ3n) is 2.48. The fourth-order valence-corrected chi connectivity index (χ4v) is 1.86. The average Bonchev–Trinajstić information content (AvgIpc) is 2.16. The van der Waals surface area contributed by atoms with E-state index in [1.165, 1.54) is 0 Å². The molecular formula is C13H20ClNO. The summed E-state index contributed by atoms with van der Waals surface area (Å²) >= 11 is 5.87. The third kappa shape index (κ3) is 4.12. The lowest BCUT2D eigenvalue weighted by molar-refractivity contribution is 0.173. The van der Waals surface area contributed by atoms with Gasteiger partial charge in [-0.15, -0.1) is 0 Å². The van der Waals surface area contributed by atoms with Crippen LogP contribution in [0.4, 0.5) is 0 Å². The monoisotopic (exact) mass is 241 g/mol. The molecule has 90 valence electrons. The summed E-state index contributed by atoms with van der Waals surface area (Å²) in [6.45, 7) is 7.76. The van der Waals surface area contributed by atoms with Crippen LogP contribution in [0.15, 0.2) is 18.2 Å². The number of rotatable bonds is 5. The van der Waals surface area contributed by atoms with Gasteiger partial charge in [-0.2, -0.15) is 0 Å². The van der Waals surface area contributed by atoms with E-state index in [9.17, 15) is 5.11 Å². The first kappa shape index (κ1) is 13.5. The van der Waals surface area contributed by atoms with Crippen molar-refractivity contribution in [3.8, 4) is 0 Å². The van der Waals surface area contributed by atoms with Crippen LogP contribution in [0.25, 0.3) is 0 Å². The summed E-state index contributed by atoms with van der Waals surface area (Å²) in [5.41, 5.74) is 1.98. The molecule has 3 heteroatoms. The van der Waals surface area contributed by atoms with Crippen molar-refractivity contribution in [1.29, 1.82) is 0 Å². The fourth-order valence-electron chi connectivity index (χ4n) is 1.63. The van der Waals surface area contributed by atoms with Crippen molar-refractivity contribution in [2.45, 2.75) is 26.9 Å². The number of aryl methyl sites for hydroxylation is 1. The maximum Gasteiger partial charge on any atom is 0.0916 e. The highest BCUT2D eigenvalue weighted by Gasteiger charge is 2.10. The fraction of sp³-hybridized carbons (Fsp3) is 0.538. The highest BCUT2D eigenvalue weighted by atomic mass is 35.5. The number of nitrogens with one attached hydrogen (secondary N) is 1. The SMILES string of the molecule is Cc1cc(Cl)ccc1C(O)CNCC(C)C. The minimum Gasteiger partial charge on any atom is -0.387 e. The van der Waals surface area contributed by atoms with Gasteiger partial charge >= 0.3 is 0 Å². The van der Waals surface area contributed by atoms with Gasteiger partial charge in [0.25, 0.3) is 0 Å². The molecule has 1 aromatic carbocycles. The van der Waals surface area contributed by atoms with Gasteiger partial charge in [-0.1, -0.05) is 31.5 Å². The Kier molecular flexibility index (Phi) is 5.26. The molecule has 1 aromatic rings. The van der Waals surface area contributed by atoms with Gasteiger partial charge in [0.1, 0.15) is 0 Å². The average molecular weight is 242 g/mol. The van der Waals surface area contributed by atoms with E-state index in [1.54, 1.807) is 0 Å². The normalized spacial score (nSPS) is 13.1. The molecule has 0 radical (unpaired) electrons. The van der Waals surface area contributed by atoms with E-state index in [0.717, 1.165) is 17.7 Å². The van der Waals surface area contributed by atoms with Crippen LogP contribution in [0.1, 0.15) is 31.1 Å². The number of benzene rings is 1. The lowest BCUT2D eigenvalue weighted by Crippen LogP contribution is -2.25. The van der Waals surface area contributed by atoms with Crippen LogP contribution in [0, 0.1) is 12.8 Å². The molecule has 0 aliphatic heterocycles. The van der Waals surface area contributed by atoms with Gasteiger partial charge < -0.3 is 10.4 Å². The Morgan fingerprint density at radius 1 is 1.31 bits per heavy atom. The van der Waals surface area contributed by atoms with E-state index in [1.807, 2.05) is 25.1 Å². The van der Waals surface area contributed by atoms with Gasteiger partial charge in [0, 0.05) is 11.6 Å². The first-order chi connectivity index (χ1) is 7.50. The van der Waals surface area contributed by atoms with Crippen LogP contribution in [0.2, 0.25) is 5.02 Å². The molecule has 0 aromatic heterocycles. The molecule has 0 amide bonds. The molecule has 0 aliphatic rings. The molecule has 0 bridgehead atoms. The number of hydrogen-bond acceptors (Lipinski definition) is 2. The Hall–Kier alpha value is -0.570. The van der Waals surface area contributed by atoms with E-state index in [0.29, 0.717) is 17.5 Å². The molecule has 1 unspecified atom stereocenters. The van der Waals surface area contributed by atoms with E-state index in [2.05, 4.69) is 19.2 Å². The molecule has 0 heterocycles. The summed E-state index contributed by atoms with van der Waals surface area (Å²) in [5, 5.41) is 14.0. The van der Waals surface area contributed by atoms with Crippen molar-refractivity contribution in [2.75, 3.05) is 13.1 Å². The minimum atomic E-state index is -0.462. The molecule has 0 fully saturated rings. The second-order valence-corrected chi connectivity index (χ2v) is 5.01. The van der Waals surface area contributed by atoms with Crippen molar-refractivity contribution in [3.05, 3.63) is 34.3 Å². The van der Waals surface area contributed by atoms with Crippen molar-refractivity contribution < 1.29 is 5.11 Å². The van der Waals surface area contributed by atoms with Crippen molar-refractivity contribution in [2.24, 2.45) is 5.92 Å². The zero-order valence-electron chi connectivity index (χ0n) is 10.1. The minimum absolute atomic E-state index is 0.462. The molecule has 1 atom stereocenters. The molecule has 0 saturated carbocycles. The van der Waals surface area contributed by atoms with Crippen molar-refractivity contribution >= 4 is 11.6 Å². The second kappa shape index (κ2) is 6.24. The second-order valence-electron chi connectivity index (χ2n) is 4.57. The van der Waals surface area contributed by atoms with Crippen LogP contribution in [-0.2, 0) is 0 Å². The van der Waals surface area contributed by atoms with Gasteiger partial charge in [0.15, 0.2) is 0 Å². The van der Waals surface area contributed by atoms with Crippen LogP contribution >= 0.6 is 11.6 Å². The lowest BCUT2D eigenvalue weighted by Gasteiger charge is -2.15. The number of halogens is 1. The van der Waals surface area contributed by atoms with Gasteiger partial charge in [-0.3, -0.25) is 0 Å².